The molecule has 1 aliphatic heterocycles. The van der Waals surface area contributed by atoms with Gasteiger partial charge in [-0.15, -0.1) is 0 Å². The Hall–Kier alpha value is -3.61. The van der Waals surface area contributed by atoms with Crippen LogP contribution in [0.4, 0.5) is 0 Å². The van der Waals surface area contributed by atoms with Crippen molar-refractivity contribution in [3.63, 3.8) is 0 Å². The summed E-state index contributed by atoms with van der Waals surface area (Å²) in [5, 5.41) is 17.8. The molecule has 1 aromatic carbocycles. The first-order valence-electron chi connectivity index (χ1n) is 11.9. The number of nitrogens with one attached hydrogen (secondary N) is 4. The van der Waals surface area contributed by atoms with Gasteiger partial charge in [-0.3, -0.25) is 14.4 Å². The lowest BCUT2D eigenvalue weighted by molar-refractivity contribution is -0.125. The largest absolute Gasteiger partial charge is 0.488 e. The van der Waals surface area contributed by atoms with Gasteiger partial charge in [-0.25, -0.2) is 4.98 Å². The van der Waals surface area contributed by atoms with E-state index < -0.39 is 23.9 Å². The molecule has 4 N–H and O–H groups in total. The predicted molar refractivity (Wildman–Crippen MR) is 122 cm³/mol. The second-order valence-electron chi connectivity index (χ2n) is 9.46. The highest BCUT2D eigenvalue weighted by Gasteiger charge is 2.34. The number of imidazole rings is 1. The van der Waals surface area contributed by atoms with E-state index >= 15 is 0 Å². The summed E-state index contributed by atoms with van der Waals surface area (Å²) in [5.74, 6) is -0.176. The molecular weight excluding hydrogens is 436 g/mol. The first-order chi connectivity index (χ1) is 16.5. The molecule has 10 heteroatoms. The van der Waals surface area contributed by atoms with Gasteiger partial charge >= 0.3 is 0 Å². The molecule has 34 heavy (non-hydrogen) atoms. The van der Waals surface area contributed by atoms with Crippen molar-refractivity contribution in [2.45, 2.75) is 63.1 Å². The molecule has 5 rings (SSSR count). The average molecular weight is 465 g/mol. The van der Waals surface area contributed by atoms with Gasteiger partial charge in [0.05, 0.1) is 17.7 Å². The fourth-order valence-electron chi connectivity index (χ4n) is 4.29. The zero-order valence-electron chi connectivity index (χ0n) is 18.8. The third kappa shape index (κ3) is 5.14. The highest BCUT2D eigenvalue weighted by Crippen LogP contribution is 2.34. The maximum atomic E-state index is 13.0. The number of aromatic nitrogens is 2. The Kier molecular flexibility index (Phi) is 6.09. The van der Waals surface area contributed by atoms with Gasteiger partial charge in [-0.05, 0) is 50.2 Å². The van der Waals surface area contributed by atoms with Crippen molar-refractivity contribution in [2.24, 2.45) is 11.8 Å². The van der Waals surface area contributed by atoms with E-state index in [0.29, 0.717) is 42.1 Å². The normalized spacial score (nSPS) is 21.4. The average Bonchev–Trinajstić information content (AvgIpc) is 3.74. The van der Waals surface area contributed by atoms with Crippen molar-refractivity contribution in [3.8, 4) is 11.8 Å². The molecular formula is C24H28N6O4. The number of carbonyl (C=O) groups excluding carboxylic acids is 3. The lowest BCUT2D eigenvalue weighted by Gasteiger charge is -2.21. The number of nitrogens with zero attached hydrogens (tertiary/aromatic N) is 2. The molecule has 3 atom stereocenters. The molecule has 3 aliphatic rings. The van der Waals surface area contributed by atoms with Crippen molar-refractivity contribution in [3.05, 3.63) is 24.0 Å². The van der Waals surface area contributed by atoms with Crippen LogP contribution >= 0.6 is 0 Å². The summed E-state index contributed by atoms with van der Waals surface area (Å²) in [7, 11) is 0. The quantitative estimate of drug-likeness (QED) is 0.419. The summed E-state index contributed by atoms with van der Waals surface area (Å²) in [4.78, 5) is 45.3. The number of hydrogen-bond acceptors (Lipinski definition) is 6. The van der Waals surface area contributed by atoms with Crippen LogP contribution in [0.1, 0.15) is 55.6 Å². The zero-order valence-corrected chi connectivity index (χ0v) is 18.8. The Morgan fingerprint density at radius 1 is 1.18 bits per heavy atom. The van der Waals surface area contributed by atoms with Gasteiger partial charge in [0, 0.05) is 12.5 Å². The van der Waals surface area contributed by atoms with E-state index in [4.69, 9.17) is 4.74 Å². The molecule has 178 valence electrons. The zero-order chi connectivity index (χ0) is 23.7. The van der Waals surface area contributed by atoms with Crippen LogP contribution in [-0.4, -0.2) is 52.4 Å². The molecule has 1 aromatic heterocycles. The molecule has 2 saturated carbocycles. The van der Waals surface area contributed by atoms with Crippen molar-refractivity contribution in [1.82, 2.24) is 25.9 Å². The summed E-state index contributed by atoms with van der Waals surface area (Å²) in [6, 6.07) is 5.99. The van der Waals surface area contributed by atoms with E-state index in [1.807, 2.05) is 18.2 Å². The van der Waals surface area contributed by atoms with Crippen LogP contribution in [0, 0.1) is 23.2 Å². The van der Waals surface area contributed by atoms with Crippen molar-refractivity contribution in [1.29, 1.82) is 5.26 Å². The minimum absolute atomic E-state index is 0.0905. The van der Waals surface area contributed by atoms with Gasteiger partial charge in [-0.1, -0.05) is 18.9 Å². The number of fused-ring (bicyclic) bond motifs is 1. The van der Waals surface area contributed by atoms with Crippen molar-refractivity contribution in [2.75, 3.05) is 6.54 Å². The maximum Gasteiger partial charge on any atom is 0.287 e. The van der Waals surface area contributed by atoms with Crippen LogP contribution in [0.15, 0.2) is 18.2 Å². The van der Waals surface area contributed by atoms with Gasteiger partial charge in [0.1, 0.15) is 23.3 Å². The molecule has 10 nitrogen and oxygen atoms in total. The van der Waals surface area contributed by atoms with Crippen LogP contribution in [-0.2, 0) is 9.59 Å². The molecule has 2 heterocycles. The molecule has 3 fully saturated rings. The van der Waals surface area contributed by atoms with Gasteiger partial charge in [-0.2, -0.15) is 5.26 Å². The lowest BCUT2D eigenvalue weighted by atomic mass is 9.98. The minimum atomic E-state index is -0.798. The highest BCUT2D eigenvalue weighted by atomic mass is 16.5. The molecule has 2 aromatic rings. The molecule has 1 saturated heterocycles. The molecule has 0 spiro atoms. The minimum Gasteiger partial charge on any atom is -0.488 e. The van der Waals surface area contributed by atoms with E-state index in [1.165, 1.54) is 0 Å². The van der Waals surface area contributed by atoms with E-state index in [1.54, 1.807) is 0 Å². The number of rotatable bonds is 10. The van der Waals surface area contributed by atoms with E-state index in [9.17, 15) is 19.6 Å². The number of carbonyl (C=O) groups is 3. The monoisotopic (exact) mass is 464 g/mol. The number of ether oxygens (including phenoxy) is 1. The Bertz CT molecular complexity index is 1150. The first-order valence-corrected chi connectivity index (χ1v) is 11.9. The molecule has 0 radical (unpaired) electrons. The van der Waals surface area contributed by atoms with Gasteiger partial charge in [0.2, 0.25) is 11.8 Å². The molecule has 0 bridgehead atoms. The summed E-state index contributed by atoms with van der Waals surface area (Å²) >= 11 is 0. The van der Waals surface area contributed by atoms with Crippen LogP contribution in [0.2, 0.25) is 0 Å². The fraction of sp³-hybridized carbons (Fsp3) is 0.542. The molecule has 3 amide bonds. The lowest BCUT2D eigenvalue weighted by Crippen LogP contribution is -2.50. The Labute approximate surface area is 196 Å². The topological polar surface area (TPSA) is 149 Å². The first kappa shape index (κ1) is 22.2. The number of nitriles is 1. The van der Waals surface area contributed by atoms with Crippen molar-refractivity contribution >= 4 is 28.8 Å². The van der Waals surface area contributed by atoms with Gasteiger partial charge < -0.3 is 25.7 Å². The third-order valence-corrected chi connectivity index (χ3v) is 6.55. The second kappa shape index (κ2) is 9.33. The second-order valence-corrected chi connectivity index (χ2v) is 9.46. The number of para-hydroxylation sites is 1. The van der Waals surface area contributed by atoms with E-state index in [-0.39, 0.29) is 30.2 Å². The SMILES string of the molecule is N#CC(CC1CCNC1=O)NC(=O)C(CC1CC1)NC(=O)c1nc2c(OC3CC3)cccc2[nH]1. The summed E-state index contributed by atoms with van der Waals surface area (Å²) in [5.41, 5.74) is 1.27. The van der Waals surface area contributed by atoms with Gasteiger partial charge in [0.25, 0.3) is 5.91 Å². The number of amides is 3. The highest BCUT2D eigenvalue weighted by molar-refractivity contribution is 5.98. The summed E-state index contributed by atoms with van der Waals surface area (Å²) in [6.45, 7) is 0.584. The predicted octanol–water partition coefficient (Wildman–Crippen LogP) is 1.54. The smallest absolute Gasteiger partial charge is 0.287 e. The maximum absolute atomic E-state index is 13.0. The van der Waals surface area contributed by atoms with Crippen molar-refractivity contribution < 1.29 is 19.1 Å². The van der Waals surface area contributed by atoms with Crippen LogP contribution in [0.3, 0.4) is 0 Å². The number of hydrogen-bond donors (Lipinski definition) is 4. The van der Waals surface area contributed by atoms with E-state index in [0.717, 1.165) is 25.7 Å². The van der Waals surface area contributed by atoms with E-state index in [2.05, 4.69) is 32.0 Å². The van der Waals surface area contributed by atoms with Crippen LogP contribution < -0.4 is 20.7 Å². The Balaban J connectivity index is 1.26. The molecule has 2 aliphatic carbocycles. The number of benzene rings is 1. The van der Waals surface area contributed by atoms with Gasteiger partial charge in [0.15, 0.2) is 5.82 Å². The number of aromatic amines is 1. The summed E-state index contributed by atoms with van der Waals surface area (Å²) in [6.07, 6.45) is 5.65. The number of H-pyrrole nitrogens is 1. The third-order valence-electron chi connectivity index (χ3n) is 6.55. The standard InChI is InChI=1S/C24H28N6O4/c25-12-15(11-14-8-9-26-22(14)31)27-23(32)18(10-13-4-5-13)29-24(33)21-28-17-2-1-3-19(20(17)30-21)34-16-6-7-16/h1-3,13-16,18H,4-11H2,(H,26,31)(H,27,32)(H,28,30)(H,29,33). The van der Waals surface area contributed by atoms with Crippen LogP contribution in [0.5, 0.6) is 5.75 Å². The summed E-state index contributed by atoms with van der Waals surface area (Å²) < 4.78 is 5.89. The Morgan fingerprint density at radius 2 is 2.00 bits per heavy atom. The molecule has 3 unspecified atom stereocenters. The fourth-order valence-corrected chi connectivity index (χ4v) is 4.29. The Morgan fingerprint density at radius 3 is 2.68 bits per heavy atom. The van der Waals surface area contributed by atoms with Crippen LogP contribution in [0.25, 0.3) is 11.0 Å².